The van der Waals surface area contributed by atoms with E-state index in [0.717, 1.165) is 16.8 Å². The summed E-state index contributed by atoms with van der Waals surface area (Å²) in [7, 11) is 0. The van der Waals surface area contributed by atoms with E-state index in [1.807, 2.05) is 30.3 Å². The minimum Gasteiger partial charge on any atom is -0.464 e. The molecule has 0 bridgehead atoms. The van der Waals surface area contributed by atoms with Crippen LogP contribution >= 0.6 is 0 Å². The molecule has 2 aromatic heterocycles. The molecule has 0 spiro atoms. The quantitative estimate of drug-likeness (QED) is 0.524. The van der Waals surface area contributed by atoms with Crippen LogP contribution in [0.2, 0.25) is 0 Å². The average molecular weight is 279 g/mol. The number of benzene rings is 2. The maximum Gasteiger partial charge on any atom is 0.227 e. The van der Waals surface area contributed by atoms with Crippen molar-refractivity contribution in [3.8, 4) is 22.8 Å². The number of nitrogens with zero attached hydrogens (tertiary/aromatic N) is 1. The lowest BCUT2D eigenvalue weighted by molar-refractivity contribution is 0.581. The number of oxazole rings is 1. The summed E-state index contributed by atoms with van der Waals surface area (Å²) in [5, 5.41) is 0. The highest BCUT2D eigenvalue weighted by Gasteiger charge is 2.10. The minimum absolute atomic E-state index is 0.314. The molecule has 2 heterocycles. The Hall–Kier alpha value is -2.88. The van der Waals surface area contributed by atoms with Crippen molar-refractivity contribution in [1.29, 1.82) is 0 Å². The van der Waals surface area contributed by atoms with Crippen LogP contribution in [0.15, 0.2) is 69.7 Å². The normalized spacial score (nSPS) is 11.1. The molecule has 2 aromatic carbocycles. The summed E-state index contributed by atoms with van der Waals surface area (Å²) >= 11 is 0. The van der Waals surface area contributed by atoms with E-state index in [0.29, 0.717) is 17.0 Å². The van der Waals surface area contributed by atoms with Crippen molar-refractivity contribution in [2.24, 2.45) is 0 Å². The summed E-state index contributed by atoms with van der Waals surface area (Å²) in [6, 6.07) is 15.5. The van der Waals surface area contributed by atoms with Crippen molar-refractivity contribution in [3.63, 3.8) is 0 Å². The van der Waals surface area contributed by atoms with Gasteiger partial charge in [0.05, 0.1) is 6.26 Å². The van der Waals surface area contributed by atoms with Gasteiger partial charge in [0.15, 0.2) is 5.58 Å². The van der Waals surface area contributed by atoms with E-state index in [1.54, 1.807) is 18.4 Å². The lowest BCUT2D eigenvalue weighted by Gasteiger charge is -1.95. The number of halogens is 1. The van der Waals surface area contributed by atoms with Crippen LogP contribution in [0.5, 0.6) is 0 Å². The molecular weight excluding hydrogens is 269 g/mol. The maximum atomic E-state index is 13.3. The fourth-order valence-corrected chi connectivity index (χ4v) is 2.27. The Morgan fingerprint density at radius 2 is 1.86 bits per heavy atom. The Morgan fingerprint density at radius 3 is 2.67 bits per heavy atom. The van der Waals surface area contributed by atoms with Gasteiger partial charge in [0.25, 0.3) is 0 Å². The molecule has 0 saturated carbocycles. The van der Waals surface area contributed by atoms with E-state index in [1.165, 1.54) is 12.1 Å². The zero-order valence-corrected chi connectivity index (χ0v) is 10.9. The maximum absolute atomic E-state index is 13.3. The van der Waals surface area contributed by atoms with E-state index in [4.69, 9.17) is 8.83 Å². The summed E-state index contributed by atoms with van der Waals surface area (Å²) in [6.45, 7) is 0. The van der Waals surface area contributed by atoms with Gasteiger partial charge in [-0.05, 0) is 48.5 Å². The van der Waals surface area contributed by atoms with Gasteiger partial charge < -0.3 is 8.83 Å². The van der Waals surface area contributed by atoms with E-state index in [-0.39, 0.29) is 5.82 Å². The first-order valence-corrected chi connectivity index (χ1v) is 6.50. The number of furan rings is 1. The molecular formula is C17H10FNO2. The van der Waals surface area contributed by atoms with Crippen LogP contribution in [-0.4, -0.2) is 4.98 Å². The summed E-state index contributed by atoms with van der Waals surface area (Å²) in [5.74, 6) is 0.854. The standard InChI is InChI=1S/C17H10FNO2/c18-13-4-1-3-12(9-13)17-19-14-7-6-11(10-16(14)21-17)15-5-2-8-20-15/h1-10H. The molecule has 0 atom stereocenters. The van der Waals surface area contributed by atoms with E-state index >= 15 is 0 Å². The molecule has 0 saturated heterocycles. The molecule has 0 aliphatic rings. The third kappa shape index (κ3) is 2.10. The molecule has 0 radical (unpaired) electrons. The van der Waals surface area contributed by atoms with Crippen molar-refractivity contribution in [3.05, 3.63) is 66.7 Å². The SMILES string of the molecule is Fc1cccc(-c2nc3ccc(-c4ccco4)cc3o2)c1. The van der Waals surface area contributed by atoms with Gasteiger partial charge in [-0.2, -0.15) is 0 Å². The molecule has 0 aliphatic heterocycles. The molecule has 4 heteroatoms. The molecule has 3 nitrogen and oxygen atoms in total. The van der Waals surface area contributed by atoms with Crippen LogP contribution in [0.25, 0.3) is 33.9 Å². The second-order valence-electron chi connectivity index (χ2n) is 4.69. The molecule has 0 N–H and O–H groups in total. The van der Waals surface area contributed by atoms with Gasteiger partial charge in [0.2, 0.25) is 5.89 Å². The van der Waals surface area contributed by atoms with Gasteiger partial charge in [-0.15, -0.1) is 0 Å². The van der Waals surface area contributed by atoms with Crippen LogP contribution in [-0.2, 0) is 0 Å². The third-order valence-electron chi connectivity index (χ3n) is 3.27. The van der Waals surface area contributed by atoms with Crippen LogP contribution in [0.3, 0.4) is 0 Å². The van der Waals surface area contributed by atoms with Crippen LogP contribution in [0.1, 0.15) is 0 Å². The molecule has 0 fully saturated rings. The highest BCUT2D eigenvalue weighted by molar-refractivity contribution is 5.81. The van der Waals surface area contributed by atoms with Crippen LogP contribution < -0.4 is 0 Å². The van der Waals surface area contributed by atoms with Gasteiger partial charge >= 0.3 is 0 Å². The average Bonchev–Trinajstić information content (AvgIpc) is 3.16. The van der Waals surface area contributed by atoms with Gasteiger partial charge in [-0.25, -0.2) is 9.37 Å². The Kier molecular flexibility index (Phi) is 2.60. The monoisotopic (exact) mass is 279 g/mol. The van der Waals surface area contributed by atoms with E-state index in [2.05, 4.69) is 4.98 Å². The highest BCUT2D eigenvalue weighted by atomic mass is 19.1. The number of fused-ring (bicyclic) bond motifs is 1. The zero-order valence-electron chi connectivity index (χ0n) is 10.9. The Labute approximate surface area is 119 Å². The minimum atomic E-state index is -0.314. The first-order valence-electron chi connectivity index (χ1n) is 6.50. The summed E-state index contributed by atoms with van der Waals surface area (Å²) in [6.07, 6.45) is 1.62. The number of hydrogen-bond acceptors (Lipinski definition) is 3. The number of hydrogen-bond donors (Lipinski definition) is 0. The summed E-state index contributed by atoms with van der Waals surface area (Å²) < 4.78 is 24.4. The second kappa shape index (κ2) is 4.59. The summed E-state index contributed by atoms with van der Waals surface area (Å²) in [4.78, 5) is 4.38. The largest absolute Gasteiger partial charge is 0.464 e. The molecule has 0 aliphatic carbocycles. The lowest BCUT2D eigenvalue weighted by Crippen LogP contribution is -1.78. The van der Waals surface area contributed by atoms with Crippen molar-refractivity contribution < 1.29 is 13.2 Å². The van der Waals surface area contributed by atoms with Crippen molar-refractivity contribution in [1.82, 2.24) is 4.98 Å². The third-order valence-corrected chi connectivity index (χ3v) is 3.27. The molecule has 21 heavy (non-hydrogen) atoms. The Balaban J connectivity index is 1.83. The highest BCUT2D eigenvalue weighted by Crippen LogP contribution is 2.28. The topological polar surface area (TPSA) is 39.2 Å². The molecule has 0 unspecified atom stereocenters. The number of rotatable bonds is 2. The number of aromatic nitrogens is 1. The van der Waals surface area contributed by atoms with Crippen molar-refractivity contribution in [2.45, 2.75) is 0 Å². The second-order valence-corrected chi connectivity index (χ2v) is 4.69. The molecule has 4 aromatic rings. The van der Waals surface area contributed by atoms with Gasteiger partial charge in [0.1, 0.15) is 17.1 Å². The van der Waals surface area contributed by atoms with E-state index in [9.17, 15) is 4.39 Å². The van der Waals surface area contributed by atoms with Gasteiger partial charge in [0, 0.05) is 11.1 Å². The predicted molar refractivity (Wildman–Crippen MR) is 77.1 cm³/mol. The lowest BCUT2D eigenvalue weighted by atomic mass is 10.1. The fraction of sp³-hybridized carbons (Fsp3) is 0. The van der Waals surface area contributed by atoms with E-state index < -0.39 is 0 Å². The van der Waals surface area contributed by atoms with Gasteiger partial charge in [-0.1, -0.05) is 6.07 Å². The molecule has 0 amide bonds. The predicted octanol–water partition coefficient (Wildman–Crippen LogP) is 4.89. The smallest absolute Gasteiger partial charge is 0.227 e. The van der Waals surface area contributed by atoms with Crippen molar-refractivity contribution in [2.75, 3.05) is 0 Å². The zero-order chi connectivity index (χ0) is 14.2. The first-order chi connectivity index (χ1) is 10.3. The fourth-order valence-electron chi connectivity index (χ4n) is 2.27. The Bertz CT molecular complexity index is 910. The Morgan fingerprint density at radius 1 is 0.905 bits per heavy atom. The molecule has 4 rings (SSSR count). The summed E-state index contributed by atoms with van der Waals surface area (Å²) in [5.41, 5.74) is 2.90. The van der Waals surface area contributed by atoms with Crippen LogP contribution in [0.4, 0.5) is 4.39 Å². The van der Waals surface area contributed by atoms with Crippen LogP contribution in [0, 0.1) is 5.82 Å². The van der Waals surface area contributed by atoms with Crippen molar-refractivity contribution >= 4 is 11.1 Å². The molecule has 102 valence electrons. The van der Waals surface area contributed by atoms with Gasteiger partial charge in [-0.3, -0.25) is 0 Å². The first kappa shape index (κ1) is 11.9.